The summed E-state index contributed by atoms with van der Waals surface area (Å²) in [6.07, 6.45) is 3.48. The van der Waals surface area contributed by atoms with Gasteiger partial charge in [0.1, 0.15) is 5.82 Å². The fraction of sp³-hybridized carbons (Fsp3) is 0.800. The molecule has 106 valence electrons. The number of nitrogens with zero attached hydrogens (tertiary/aromatic N) is 2. The SMILES string of the molecule is CC(C)(C)c1nc2c(n1C1CCCOC1)CCNC2. The molecule has 19 heavy (non-hydrogen) atoms. The van der Waals surface area contributed by atoms with Gasteiger partial charge in [0.2, 0.25) is 0 Å². The number of nitrogens with one attached hydrogen (secondary N) is 1. The zero-order chi connectivity index (χ0) is 13.5. The van der Waals surface area contributed by atoms with E-state index in [0.717, 1.165) is 32.7 Å². The van der Waals surface area contributed by atoms with Gasteiger partial charge in [-0.05, 0) is 12.8 Å². The number of rotatable bonds is 1. The molecule has 0 radical (unpaired) electrons. The lowest BCUT2D eigenvalue weighted by Crippen LogP contribution is -2.30. The normalized spacial score (nSPS) is 24.3. The standard InChI is InChI=1S/C15H25N3O/c1-15(2,3)14-17-12-9-16-7-6-13(12)18(14)11-5-4-8-19-10-11/h11,16H,4-10H2,1-3H3. The van der Waals surface area contributed by atoms with Crippen LogP contribution in [0.5, 0.6) is 0 Å². The largest absolute Gasteiger partial charge is 0.379 e. The Labute approximate surface area is 115 Å². The summed E-state index contributed by atoms with van der Waals surface area (Å²) in [6.45, 7) is 10.5. The Balaban J connectivity index is 2.05. The van der Waals surface area contributed by atoms with Crippen LogP contribution in [0.3, 0.4) is 0 Å². The van der Waals surface area contributed by atoms with Gasteiger partial charge in [-0.2, -0.15) is 0 Å². The van der Waals surface area contributed by atoms with Crippen LogP contribution in [0.25, 0.3) is 0 Å². The Morgan fingerprint density at radius 2 is 2.21 bits per heavy atom. The molecule has 1 atom stereocenters. The van der Waals surface area contributed by atoms with Crippen molar-refractivity contribution in [3.63, 3.8) is 0 Å². The van der Waals surface area contributed by atoms with Gasteiger partial charge in [-0.1, -0.05) is 20.8 Å². The number of imidazole rings is 1. The molecule has 0 bridgehead atoms. The maximum Gasteiger partial charge on any atom is 0.115 e. The maximum absolute atomic E-state index is 5.70. The fourth-order valence-corrected chi connectivity index (χ4v) is 3.18. The van der Waals surface area contributed by atoms with Gasteiger partial charge in [-0.25, -0.2) is 4.98 Å². The highest BCUT2D eigenvalue weighted by molar-refractivity contribution is 5.24. The predicted molar refractivity (Wildman–Crippen MR) is 75.4 cm³/mol. The summed E-state index contributed by atoms with van der Waals surface area (Å²) in [5.74, 6) is 1.23. The van der Waals surface area contributed by atoms with Crippen molar-refractivity contribution in [3.8, 4) is 0 Å². The highest BCUT2D eigenvalue weighted by Crippen LogP contribution is 2.32. The summed E-state index contributed by atoms with van der Waals surface area (Å²) >= 11 is 0. The Bertz CT molecular complexity index is 453. The molecule has 2 aliphatic rings. The van der Waals surface area contributed by atoms with Gasteiger partial charge in [0.05, 0.1) is 18.3 Å². The van der Waals surface area contributed by atoms with Crippen LogP contribution in [0.15, 0.2) is 0 Å². The highest BCUT2D eigenvalue weighted by atomic mass is 16.5. The summed E-state index contributed by atoms with van der Waals surface area (Å²) in [6, 6.07) is 0.484. The molecule has 1 N–H and O–H groups in total. The zero-order valence-corrected chi connectivity index (χ0v) is 12.3. The lowest BCUT2D eigenvalue weighted by atomic mass is 9.94. The first-order chi connectivity index (χ1) is 9.07. The monoisotopic (exact) mass is 263 g/mol. The van der Waals surface area contributed by atoms with Gasteiger partial charge in [0.25, 0.3) is 0 Å². The summed E-state index contributed by atoms with van der Waals surface area (Å²) in [7, 11) is 0. The molecule has 1 saturated heterocycles. The minimum atomic E-state index is 0.0921. The van der Waals surface area contributed by atoms with E-state index >= 15 is 0 Å². The number of hydrogen-bond acceptors (Lipinski definition) is 3. The predicted octanol–water partition coefficient (Wildman–Crippen LogP) is 2.18. The Kier molecular flexibility index (Phi) is 3.39. The van der Waals surface area contributed by atoms with Crippen molar-refractivity contribution in [3.05, 3.63) is 17.2 Å². The summed E-state index contributed by atoms with van der Waals surface area (Å²) < 4.78 is 8.21. The summed E-state index contributed by atoms with van der Waals surface area (Å²) in [5, 5.41) is 3.43. The van der Waals surface area contributed by atoms with Crippen molar-refractivity contribution in [2.45, 2.75) is 58.0 Å². The van der Waals surface area contributed by atoms with Crippen molar-refractivity contribution >= 4 is 0 Å². The Morgan fingerprint density at radius 1 is 1.37 bits per heavy atom. The molecule has 4 heteroatoms. The molecule has 3 heterocycles. The van der Waals surface area contributed by atoms with Crippen LogP contribution in [0.1, 0.15) is 56.9 Å². The molecule has 1 aromatic heterocycles. The first-order valence-electron chi connectivity index (χ1n) is 7.46. The van der Waals surface area contributed by atoms with E-state index < -0.39 is 0 Å². The molecule has 1 fully saturated rings. The molecule has 0 aromatic carbocycles. The van der Waals surface area contributed by atoms with E-state index in [1.807, 2.05) is 0 Å². The second-order valence-electron chi connectivity index (χ2n) is 6.75. The molecule has 0 aliphatic carbocycles. The van der Waals surface area contributed by atoms with E-state index in [2.05, 4.69) is 30.7 Å². The van der Waals surface area contributed by atoms with Crippen LogP contribution >= 0.6 is 0 Å². The molecule has 1 aromatic rings. The first-order valence-corrected chi connectivity index (χ1v) is 7.46. The lowest BCUT2D eigenvalue weighted by molar-refractivity contribution is 0.0562. The van der Waals surface area contributed by atoms with Crippen molar-refractivity contribution in [2.24, 2.45) is 0 Å². The Morgan fingerprint density at radius 3 is 2.89 bits per heavy atom. The highest BCUT2D eigenvalue weighted by Gasteiger charge is 2.31. The average Bonchev–Trinajstić information content (AvgIpc) is 2.79. The molecule has 1 unspecified atom stereocenters. The van der Waals surface area contributed by atoms with E-state index in [-0.39, 0.29) is 5.41 Å². The third-order valence-electron chi connectivity index (χ3n) is 4.10. The van der Waals surface area contributed by atoms with Gasteiger partial charge < -0.3 is 14.6 Å². The van der Waals surface area contributed by atoms with Gasteiger partial charge in [0.15, 0.2) is 0 Å². The lowest BCUT2D eigenvalue weighted by Gasteiger charge is -2.30. The van der Waals surface area contributed by atoms with E-state index in [0.29, 0.717) is 6.04 Å². The van der Waals surface area contributed by atoms with E-state index in [1.165, 1.54) is 30.1 Å². The molecule has 0 amide bonds. The minimum absolute atomic E-state index is 0.0921. The van der Waals surface area contributed by atoms with Crippen molar-refractivity contribution in [2.75, 3.05) is 19.8 Å². The van der Waals surface area contributed by atoms with Gasteiger partial charge >= 0.3 is 0 Å². The molecule has 4 nitrogen and oxygen atoms in total. The first kappa shape index (κ1) is 13.1. The van der Waals surface area contributed by atoms with Crippen molar-refractivity contribution < 1.29 is 4.74 Å². The molecule has 0 spiro atoms. The molecular formula is C15H25N3O. The molecule has 2 aliphatic heterocycles. The van der Waals surface area contributed by atoms with Crippen molar-refractivity contribution in [1.29, 1.82) is 0 Å². The molecule has 3 rings (SSSR count). The van der Waals surface area contributed by atoms with Gasteiger partial charge in [-0.3, -0.25) is 0 Å². The number of fused-ring (bicyclic) bond motifs is 1. The third kappa shape index (κ3) is 2.43. The van der Waals surface area contributed by atoms with E-state index in [4.69, 9.17) is 9.72 Å². The molecule has 0 saturated carbocycles. The van der Waals surface area contributed by atoms with Crippen LogP contribution in [-0.2, 0) is 23.1 Å². The fourth-order valence-electron chi connectivity index (χ4n) is 3.18. The van der Waals surface area contributed by atoms with Crippen LogP contribution in [0, 0.1) is 0 Å². The topological polar surface area (TPSA) is 39.1 Å². The second-order valence-corrected chi connectivity index (χ2v) is 6.75. The van der Waals surface area contributed by atoms with E-state index in [1.54, 1.807) is 0 Å². The van der Waals surface area contributed by atoms with Crippen molar-refractivity contribution in [1.82, 2.24) is 14.9 Å². The van der Waals surface area contributed by atoms with Crippen LogP contribution in [0.4, 0.5) is 0 Å². The van der Waals surface area contributed by atoms with Gasteiger partial charge in [-0.15, -0.1) is 0 Å². The van der Waals surface area contributed by atoms with Crippen LogP contribution in [0.2, 0.25) is 0 Å². The van der Waals surface area contributed by atoms with Crippen LogP contribution in [-0.4, -0.2) is 29.3 Å². The number of ether oxygens (including phenoxy) is 1. The smallest absolute Gasteiger partial charge is 0.115 e. The quantitative estimate of drug-likeness (QED) is 0.844. The van der Waals surface area contributed by atoms with Crippen LogP contribution < -0.4 is 5.32 Å². The Hall–Kier alpha value is -0.870. The third-order valence-corrected chi connectivity index (χ3v) is 4.10. The number of aromatic nitrogens is 2. The number of hydrogen-bond donors (Lipinski definition) is 1. The zero-order valence-electron chi connectivity index (χ0n) is 12.3. The van der Waals surface area contributed by atoms with E-state index in [9.17, 15) is 0 Å². The van der Waals surface area contributed by atoms with Gasteiger partial charge in [0, 0.05) is 37.2 Å². The molecular weight excluding hydrogens is 238 g/mol. The summed E-state index contributed by atoms with van der Waals surface area (Å²) in [4.78, 5) is 4.94. The second kappa shape index (κ2) is 4.91. The minimum Gasteiger partial charge on any atom is -0.379 e. The average molecular weight is 263 g/mol. The summed E-state index contributed by atoms with van der Waals surface area (Å²) in [5.41, 5.74) is 2.79. The maximum atomic E-state index is 5.70.